The summed E-state index contributed by atoms with van der Waals surface area (Å²) in [5.41, 5.74) is 3.74. The predicted octanol–water partition coefficient (Wildman–Crippen LogP) is 5.46. The van der Waals surface area contributed by atoms with Gasteiger partial charge in [-0.15, -0.1) is 10.2 Å². The standard InChI is InChI=1S/C19H19F2N3O/c1-11-7-8-15(9-12(11)2)19-24-23-18(25-19)13(3)22-16-6-4-5-14(10-16)17(20)21/h4-10,13,17,22H,1-3H3. The number of rotatable bonds is 5. The molecule has 0 amide bonds. The minimum Gasteiger partial charge on any atom is -0.418 e. The van der Waals surface area contributed by atoms with Crippen LogP contribution in [0.1, 0.15) is 42.0 Å². The number of hydrogen-bond donors (Lipinski definition) is 1. The summed E-state index contributed by atoms with van der Waals surface area (Å²) < 4.78 is 31.3. The van der Waals surface area contributed by atoms with Gasteiger partial charge in [0.15, 0.2) is 0 Å². The molecule has 4 nitrogen and oxygen atoms in total. The Morgan fingerprint density at radius 2 is 1.80 bits per heavy atom. The smallest absolute Gasteiger partial charge is 0.263 e. The molecule has 0 aliphatic heterocycles. The maximum atomic E-state index is 12.8. The van der Waals surface area contributed by atoms with E-state index in [-0.39, 0.29) is 11.6 Å². The zero-order chi connectivity index (χ0) is 18.0. The Labute approximate surface area is 144 Å². The summed E-state index contributed by atoms with van der Waals surface area (Å²) in [4.78, 5) is 0. The molecular weight excluding hydrogens is 324 g/mol. The summed E-state index contributed by atoms with van der Waals surface area (Å²) >= 11 is 0. The van der Waals surface area contributed by atoms with Crippen LogP contribution < -0.4 is 5.32 Å². The molecular formula is C19H19F2N3O. The molecule has 1 atom stereocenters. The molecule has 0 saturated heterocycles. The van der Waals surface area contributed by atoms with Crippen molar-refractivity contribution in [2.45, 2.75) is 33.2 Å². The van der Waals surface area contributed by atoms with Gasteiger partial charge in [-0.2, -0.15) is 0 Å². The predicted molar refractivity (Wildman–Crippen MR) is 92.6 cm³/mol. The molecule has 0 aliphatic rings. The van der Waals surface area contributed by atoms with Crippen molar-refractivity contribution in [2.75, 3.05) is 5.32 Å². The Bertz CT molecular complexity index is 877. The second kappa shape index (κ2) is 7.01. The number of benzene rings is 2. The molecule has 3 aromatic rings. The van der Waals surface area contributed by atoms with Gasteiger partial charge in [-0.3, -0.25) is 0 Å². The quantitative estimate of drug-likeness (QED) is 0.668. The van der Waals surface area contributed by atoms with Gasteiger partial charge in [0.1, 0.15) is 6.04 Å². The molecule has 1 aromatic heterocycles. The number of aryl methyl sites for hydroxylation is 2. The molecule has 0 fully saturated rings. The van der Waals surface area contributed by atoms with Crippen LogP contribution in [0.3, 0.4) is 0 Å². The van der Waals surface area contributed by atoms with Crippen molar-refractivity contribution in [2.24, 2.45) is 0 Å². The van der Waals surface area contributed by atoms with Crippen LogP contribution in [0, 0.1) is 13.8 Å². The van der Waals surface area contributed by atoms with E-state index in [0.29, 0.717) is 17.5 Å². The highest BCUT2D eigenvalue weighted by molar-refractivity contribution is 5.55. The summed E-state index contributed by atoms with van der Waals surface area (Å²) in [5.74, 6) is 0.837. The van der Waals surface area contributed by atoms with Crippen molar-refractivity contribution in [1.29, 1.82) is 0 Å². The van der Waals surface area contributed by atoms with E-state index in [9.17, 15) is 8.78 Å². The molecule has 0 spiro atoms. The van der Waals surface area contributed by atoms with Crippen molar-refractivity contribution in [1.82, 2.24) is 10.2 Å². The van der Waals surface area contributed by atoms with Crippen molar-refractivity contribution >= 4 is 5.69 Å². The number of aromatic nitrogens is 2. The molecule has 0 saturated carbocycles. The first-order valence-electron chi connectivity index (χ1n) is 7.99. The molecule has 0 bridgehead atoms. The zero-order valence-electron chi connectivity index (χ0n) is 14.3. The lowest BCUT2D eigenvalue weighted by Crippen LogP contribution is -2.07. The molecule has 1 N–H and O–H groups in total. The lowest BCUT2D eigenvalue weighted by molar-refractivity contribution is 0.151. The molecule has 3 rings (SSSR count). The Morgan fingerprint density at radius 1 is 1.00 bits per heavy atom. The molecule has 130 valence electrons. The van der Waals surface area contributed by atoms with E-state index >= 15 is 0 Å². The first-order chi connectivity index (χ1) is 11.9. The van der Waals surface area contributed by atoms with Crippen LogP contribution in [0.5, 0.6) is 0 Å². The van der Waals surface area contributed by atoms with Crippen molar-refractivity contribution in [3.05, 3.63) is 65.0 Å². The minimum atomic E-state index is -2.50. The van der Waals surface area contributed by atoms with Gasteiger partial charge in [-0.25, -0.2) is 8.78 Å². The third-order valence-corrected chi connectivity index (χ3v) is 4.09. The topological polar surface area (TPSA) is 51.0 Å². The Morgan fingerprint density at radius 3 is 2.52 bits per heavy atom. The highest BCUT2D eigenvalue weighted by Gasteiger charge is 2.16. The fourth-order valence-electron chi connectivity index (χ4n) is 2.48. The Balaban J connectivity index is 1.77. The summed E-state index contributed by atoms with van der Waals surface area (Å²) in [5, 5.41) is 11.3. The van der Waals surface area contributed by atoms with Crippen molar-refractivity contribution in [3.8, 4) is 11.5 Å². The van der Waals surface area contributed by atoms with E-state index in [4.69, 9.17) is 4.42 Å². The number of anilines is 1. The highest BCUT2D eigenvalue weighted by atomic mass is 19.3. The van der Waals surface area contributed by atoms with Gasteiger partial charge in [-0.1, -0.05) is 18.2 Å². The second-order valence-electron chi connectivity index (χ2n) is 6.04. The first-order valence-corrected chi connectivity index (χ1v) is 7.99. The summed E-state index contributed by atoms with van der Waals surface area (Å²) in [7, 11) is 0. The van der Waals surface area contributed by atoms with E-state index < -0.39 is 6.43 Å². The van der Waals surface area contributed by atoms with Gasteiger partial charge in [-0.05, 0) is 56.2 Å². The van der Waals surface area contributed by atoms with Crippen LogP contribution in [0.15, 0.2) is 46.9 Å². The zero-order valence-corrected chi connectivity index (χ0v) is 14.3. The van der Waals surface area contributed by atoms with Gasteiger partial charge in [0.25, 0.3) is 6.43 Å². The molecule has 2 aromatic carbocycles. The van der Waals surface area contributed by atoms with Crippen LogP contribution in [0.25, 0.3) is 11.5 Å². The van der Waals surface area contributed by atoms with E-state index in [1.54, 1.807) is 12.1 Å². The van der Waals surface area contributed by atoms with E-state index in [1.807, 2.05) is 39.0 Å². The Kier molecular flexibility index (Phi) is 4.79. The molecule has 6 heteroatoms. The van der Waals surface area contributed by atoms with Crippen LogP contribution in [0.4, 0.5) is 14.5 Å². The second-order valence-corrected chi connectivity index (χ2v) is 6.04. The van der Waals surface area contributed by atoms with Crippen LogP contribution >= 0.6 is 0 Å². The summed E-state index contributed by atoms with van der Waals surface area (Å²) in [6.45, 7) is 5.90. The number of alkyl halides is 2. The maximum absolute atomic E-state index is 12.8. The molecule has 0 aliphatic carbocycles. The van der Waals surface area contributed by atoms with Gasteiger partial charge in [0.2, 0.25) is 11.8 Å². The first kappa shape index (κ1) is 17.1. The fourth-order valence-corrected chi connectivity index (χ4v) is 2.48. The van der Waals surface area contributed by atoms with E-state index in [0.717, 1.165) is 11.1 Å². The molecule has 1 unspecified atom stereocenters. The largest absolute Gasteiger partial charge is 0.418 e. The monoisotopic (exact) mass is 343 g/mol. The van der Waals surface area contributed by atoms with Gasteiger partial charge in [0.05, 0.1) is 0 Å². The lowest BCUT2D eigenvalue weighted by Gasteiger charge is -2.12. The third-order valence-electron chi connectivity index (χ3n) is 4.09. The van der Waals surface area contributed by atoms with E-state index in [1.165, 1.54) is 17.7 Å². The fraction of sp³-hybridized carbons (Fsp3) is 0.263. The molecule has 25 heavy (non-hydrogen) atoms. The average Bonchev–Trinajstić information content (AvgIpc) is 3.08. The lowest BCUT2D eigenvalue weighted by atomic mass is 10.1. The van der Waals surface area contributed by atoms with E-state index in [2.05, 4.69) is 15.5 Å². The van der Waals surface area contributed by atoms with Crippen LogP contribution in [-0.4, -0.2) is 10.2 Å². The number of nitrogens with one attached hydrogen (secondary N) is 1. The van der Waals surface area contributed by atoms with Crippen LogP contribution in [0.2, 0.25) is 0 Å². The summed E-state index contributed by atoms with van der Waals surface area (Å²) in [6, 6.07) is 11.8. The number of nitrogens with zero attached hydrogens (tertiary/aromatic N) is 2. The average molecular weight is 343 g/mol. The summed E-state index contributed by atoms with van der Waals surface area (Å²) in [6.07, 6.45) is -2.50. The van der Waals surface area contributed by atoms with Gasteiger partial charge in [0, 0.05) is 16.8 Å². The Hall–Kier alpha value is -2.76. The molecule has 1 heterocycles. The number of halogens is 2. The van der Waals surface area contributed by atoms with Crippen molar-refractivity contribution in [3.63, 3.8) is 0 Å². The van der Waals surface area contributed by atoms with Crippen LogP contribution in [-0.2, 0) is 0 Å². The minimum absolute atomic E-state index is 0.0291. The SMILES string of the molecule is Cc1ccc(-c2nnc(C(C)Nc3cccc(C(F)F)c3)o2)cc1C. The number of hydrogen-bond acceptors (Lipinski definition) is 4. The van der Waals surface area contributed by atoms with Gasteiger partial charge < -0.3 is 9.73 Å². The maximum Gasteiger partial charge on any atom is 0.263 e. The van der Waals surface area contributed by atoms with Gasteiger partial charge >= 0.3 is 0 Å². The highest BCUT2D eigenvalue weighted by Crippen LogP contribution is 2.26. The van der Waals surface area contributed by atoms with Crippen molar-refractivity contribution < 1.29 is 13.2 Å². The normalized spacial score (nSPS) is 12.4. The third kappa shape index (κ3) is 3.84. The molecule has 0 radical (unpaired) electrons.